The van der Waals surface area contributed by atoms with Crippen LogP contribution in [0.3, 0.4) is 0 Å². The Bertz CT molecular complexity index is 352. The van der Waals surface area contributed by atoms with Gasteiger partial charge in [0.05, 0.1) is 13.5 Å². The fraction of sp³-hybridized carbons (Fsp3) is 0.462. The molecule has 1 aromatic rings. The number of carbonyl (C=O) groups is 1. The Morgan fingerprint density at radius 2 is 2.24 bits per heavy atom. The molecule has 1 aromatic carbocycles. The van der Waals surface area contributed by atoms with Gasteiger partial charge in [-0.25, -0.2) is 0 Å². The van der Waals surface area contributed by atoms with E-state index in [0.29, 0.717) is 19.6 Å². The third kappa shape index (κ3) is 5.36. The van der Waals surface area contributed by atoms with Crippen molar-refractivity contribution in [2.45, 2.75) is 20.0 Å². The predicted molar refractivity (Wildman–Crippen MR) is 66.0 cm³/mol. The van der Waals surface area contributed by atoms with Crippen molar-refractivity contribution in [1.82, 2.24) is 5.32 Å². The van der Waals surface area contributed by atoms with Crippen LogP contribution in [0.2, 0.25) is 0 Å². The van der Waals surface area contributed by atoms with Gasteiger partial charge >= 0.3 is 5.97 Å². The highest BCUT2D eigenvalue weighted by atomic mass is 16.5. The molecule has 0 fully saturated rings. The minimum atomic E-state index is -0.186. The average Bonchev–Trinajstić information content (AvgIpc) is 2.37. The second-order valence-electron chi connectivity index (χ2n) is 3.62. The van der Waals surface area contributed by atoms with Crippen molar-refractivity contribution in [1.29, 1.82) is 0 Å². The Balaban J connectivity index is 2.31. The van der Waals surface area contributed by atoms with Gasteiger partial charge in [0.2, 0.25) is 0 Å². The SMILES string of the molecule is CCNCCC(=O)OCc1cccc(OC)c1. The third-order valence-corrected chi connectivity index (χ3v) is 2.29. The number of methoxy groups -OCH3 is 1. The summed E-state index contributed by atoms with van der Waals surface area (Å²) in [6.45, 7) is 3.82. The second-order valence-corrected chi connectivity index (χ2v) is 3.62. The van der Waals surface area contributed by atoms with E-state index in [-0.39, 0.29) is 5.97 Å². The van der Waals surface area contributed by atoms with Gasteiger partial charge in [0, 0.05) is 6.54 Å². The molecule has 0 bridgehead atoms. The summed E-state index contributed by atoms with van der Waals surface area (Å²) in [5.74, 6) is 0.583. The molecule has 0 radical (unpaired) electrons. The van der Waals surface area contributed by atoms with Crippen LogP contribution in [0.15, 0.2) is 24.3 Å². The van der Waals surface area contributed by atoms with E-state index in [1.54, 1.807) is 7.11 Å². The predicted octanol–water partition coefficient (Wildman–Crippen LogP) is 1.74. The Labute approximate surface area is 102 Å². The molecule has 17 heavy (non-hydrogen) atoms. The van der Waals surface area contributed by atoms with Crippen molar-refractivity contribution in [2.24, 2.45) is 0 Å². The van der Waals surface area contributed by atoms with Crippen LogP contribution in [0.5, 0.6) is 5.75 Å². The maximum absolute atomic E-state index is 11.4. The summed E-state index contributed by atoms with van der Waals surface area (Å²) in [5.41, 5.74) is 0.932. The highest BCUT2D eigenvalue weighted by molar-refractivity contribution is 5.69. The summed E-state index contributed by atoms with van der Waals surface area (Å²) in [6.07, 6.45) is 0.401. The van der Waals surface area contributed by atoms with Crippen molar-refractivity contribution < 1.29 is 14.3 Å². The van der Waals surface area contributed by atoms with E-state index in [2.05, 4.69) is 5.32 Å². The fourth-order valence-corrected chi connectivity index (χ4v) is 1.37. The van der Waals surface area contributed by atoms with E-state index < -0.39 is 0 Å². The lowest BCUT2D eigenvalue weighted by molar-refractivity contribution is -0.144. The van der Waals surface area contributed by atoms with E-state index >= 15 is 0 Å². The Morgan fingerprint density at radius 3 is 2.94 bits per heavy atom. The van der Waals surface area contributed by atoms with Crippen molar-refractivity contribution in [3.05, 3.63) is 29.8 Å². The lowest BCUT2D eigenvalue weighted by Gasteiger charge is -2.06. The summed E-state index contributed by atoms with van der Waals surface area (Å²) in [4.78, 5) is 11.4. The van der Waals surface area contributed by atoms with Crippen LogP contribution in [0.4, 0.5) is 0 Å². The Morgan fingerprint density at radius 1 is 1.41 bits per heavy atom. The van der Waals surface area contributed by atoms with E-state index in [9.17, 15) is 4.79 Å². The van der Waals surface area contributed by atoms with Crippen molar-refractivity contribution in [3.8, 4) is 5.75 Å². The number of hydrogen-bond donors (Lipinski definition) is 1. The lowest BCUT2D eigenvalue weighted by atomic mass is 10.2. The average molecular weight is 237 g/mol. The highest BCUT2D eigenvalue weighted by Gasteiger charge is 2.03. The largest absolute Gasteiger partial charge is 0.497 e. The normalized spacial score (nSPS) is 10.0. The Kier molecular flexibility index (Phi) is 6.10. The van der Waals surface area contributed by atoms with Crippen LogP contribution < -0.4 is 10.1 Å². The van der Waals surface area contributed by atoms with Crippen molar-refractivity contribution in [3.63, 3.8) is 0 Å². The molecule has 0 unspecified atom stereocenters. The number of nitrogens with one attached hydrogen (secondary N) is 1. The maximum atomic E-state index is 11.4. The molecule has 0 amide bonds. The first-order chi connectivity index (χ1) is 8.26. The lowest BCUT2D eigenvalue weighted by Crippen LogP contribution is -2.18. The highest BCUT2D eigenvalue weighted by Crippen LogP contribution is 2.13. The minimum Gasteiger partial charge on any atom is -0.497 e. The molecule has 94 valence electrons. The van der Waals surface area contributed by atoms with E-state index in [1.165, 1.54) is 0 Å². The van der Waals surface area contributed by atoms with Crippen LogP contribution in [0, 0.1) is 0 Å². The molecule has 0 aliphatic heterocycles. The van der Waals surface area contributed by atoms with Crippen LogP contribution in [0.25, 0.3) is 0 Å². The zero-order valence-corrected chi connectivity index (χ0v) is 10.4. The van der Waals surface area contributed by atoms with Gasteiger partial charge in [-0.2, -0.15) is 0 Å². The molecule has 0 saturated carbocycles. The molecular formula is C13H19NO3. The van der Waals surface area contributed by atoms with Crippen LogP contribution in [0.1, 0.15) is 18.9 Å². The molecule has 0 saturated heterocycles. The van der Waals surface area contributed by atoms with E-state index in [4.69, 9.17) is 9.47 Å². The molecule has 0 aliphatic rings. The molecule has 0 atom stereocenters. The first kappa shape index (κ1) is 13.5. The second kappa shape index (κ2) is 7.68. The van der Waals surface area contributed by atoms with Crippen LogP contribution in [-0.4, -0.2) is 26.2 Å². The molecule has 4 heteroatoms. The fourth-order valence-electron chi connectivity index (χ4n) is 1.37. The number of hydrogen-bond acceptors (Lipinski definition) is 4. The van der Waals surface area contributed by atoms with Crippen LogP contribution >= 0.6 is 0 Å². The van der Waals surface area contributed by atoms with Crippen LogP contribution in [-0.2, 0) is 16.1 Å². The van der Waals surface area contributed by atoms with Gasteiger partial charge in [0.1, 0.15) is 12.4 Å². The quantitative estimate of drug-likeness (QED) is 0.579. The number of carbonyl (C=O) groups excluding carboxylic acids is 1. The number of benzene rings is 1. The monoisotopic (exact) mass is 237 g/mol. The van der Waals surface area contributed by atoms with Gasteiger partial charge in [-0.05, 0) is 24.2 Å². The maximum Gasteiger partial charge on any atom is 0.307 e. The number of esters is 1. The summed E-state index contributed by atoms with van der Waals surface area (Å²) in [7, 11) is 1.61. The molecule has 1 rings (SSSR count). The van der Waals surface area contributed by atoms with Crippen molar-refractivity contribution >= 4 is 5.97 Å². The molecule has 0 spiro atoms. The molecule has 4 nitrogen and oxygen atoms in total. The van der Waals surface area contributed by atoms with Gasteiger partial charge < -0.3 is 14.8 Å². The zero-order valence-electron chi connectivity index (χ0n) is 10.4. The van der Waals surface area contributed by atoms with Gasteiger partial charge in [-0.3, -0.25) is 4.79 Å². The van der Waals surface area contributed by atoms with Crippen molar-refractivity contribution in [2.75, 3.05) is 20.2 Å². The standard InChI is InChI=1S/C13H19NO3/c1-3-14-8-7-13(15)17-10-11-5-4-6-12(9-11)16-2/h4-6,9,14H,3,7-8,10H2,1-2H3. The minimum absolute atomic E-state index is 0.186. The van der Waals surface area contributed by atoms with Gasteiger partial charge in [-0.1, -0.05) is 19.1 Å². The van der Waals surface area contributed by atoms with Gasteiger partial charge in [0.25, 0.3) is 0 Å². The summed E-state index contributed by atoms with van der Waals surface area (Å²) in [6, 6.07) is 7.49. The van der Waals surface area contributed by atoms with E-state index in [0.717, 1.165) is 17.9 Å². The topological polar surface area (TPSA) is 47.6 Å². The smallest absolute Gasteiger partial charge is 0.307 e. The molecular weight excluding hydrogens is 218 g/mol. The summed E-state index contributed by atoms with van der Waals surface area (Å²) in [5, 5.41) is 3.07. The first-order valence-corrected chi connectivity index (χ1v) is 5.75. The van der Waals surface area contributed by atoms with Gasteiger partial charge in [-0.15, -0.1) is 0 Å². The van der Waals surface area contributed by atoms with Gasteiger partial charge in [0.15, 0.2) is 0 Å². The first-order valence-electron chi connectivity index (χ1n) is 5.75. The third-order valence-electron chi connectivity index (χ3n) is 2.29. The van der Waals surface area contributed by atoms with E-state index in [1.807, 2.05) is 31.2 Å². The molecule has 0 aromatic heterocycles. The molecule has 0 heterocycles. The molecule has 0 aliphatic carbocycles. The number of ether oxygens (including phenoxy) is 2. The summed E-state index contributed by atoms with van der Waals surface area (Å²) >= 11 is 0. The summed E-state index contributed by atoms with van der Waals surface area (Å²) < 4.78 is 10.2. The zero-order chi connectivity index (χ0) is 12.5. The number of rotatable bonds is 7. The Hall–Kier alpha value is -1.55. The molecule has 1 N–H and O–H groups in total.